The molecule has 210 valence electrons. The van der Waals surface area contributed by atoms with Crippen LogP contribution in [0.2, 0.25) is 0 Å². The Balaban J connectivity index is 1.59. The maximum Gasteiger partial charge on any atom is 0.317 e. The SMILES string of the molecule is CC(c1ccc(NC(=O)c2ccccc2F)c(OCCN2CCOCC2)c1)c1ccc(F)c(C(=S)NC(N)=O)c1. The van der Waals surface area contributed by atoms with E-state index in [0.29, 0.717) is 37.8 Å². The highest BCUT2D eigenvalue weighted by Crippen LogP contribution is 2.33. The van der Waals surface area contributed by atoms with Crippen LogP contribution < -0.4 is 21.1 Å². The second-order valence-electron chi connectivity index (χ2n) is 9.27. The van der Waals surface area contributed by atoms with Crippen LogP contribution in [0.5, 0.6) is 5.75 Å². The van der Waals surface area contributed by atoms with Crippen molar-refractivity contribution >= 4 is 34.8 Å². The summed E-state index contributed by atoms with van der Waals surface area (Å²) >= 11 is 5.13. The fourth-order valence-electron chi connectivity index (χ4n) is 4.33. The van der Waals surface area contributed by atoms with Crippen molar-refractivity contribution in [2.45, 2.75) is 12.8 Å². The molecule has 1 fully saturated rings. The van der Waals surface area contributed by atoms with Crippen LogP contribution in [0.1, 0.15) is 39.9 Å². The van der Waals surface area contributed by atoms with Gasteiger partial charge in [0.25, 0.3) is 5.91 Å². The predicted molar refractivity (Wildman–Crippen MR) is 152 cm³/mol. The summed E-state index contributed by atoms with van der Waals surface area (Å²) in [5.74, 6) is -1.65. The van der Waals surface area contributed by atoms with Gasteiger partial charge in [0.05, 0.1) is 24.5 Å². The van der Waals surface area contributed by atoms with E-state index in [9.17, 15) is 18.4 Å². The number of primary amides is 1. The van der Waals surface area contributed by atoms with E-state index in [1.165, 1.54) is 24.3 Å². The van der Waals surface area contributed by atoms with Gasteiger partial charge in [-0.2, -0.15) is 0 Å². The number of nitrogens with zero attached hydrogens (tertiary/aromatic N) is 1. The number of rotatable bonds is 9. The Morgan fingerprint density at radius 1 is 1.02 bits per heavy atom. The van der Waals surface area contributed by atoms with Crippen molar-refractivity contribution in [2.75, 3.05) is 44.8 Å². The molecule has 11 heteroatoms. The monoisotopic (exact) mass is 568 g/mol. The van der Waals surface area contributed by atoms with E-state index in [-0.39, 0.29) is 22.0 Å². The van der Waals surface area contributed by atoms with E-state index in [1.54, 1.807) is 36.4 Å². The number of hydrogen-bond acceptors (Lipinski definition) is 6. The number of halogens is 2. The summed E-state index contributed by atoms with van der Waals surface area (Å²) in [5.41, 5.74) is 7.03. The Labute approximate surface area is 236 Å². The Kier molecular flexibility index (Phi) is 9.75. The van der Waals surface area contributed by atoms with E-state index in [4.69, 9.17) is 27.4 Å². The lowest BCUT2D eigenvalue weighted by molar-refractivity contribution is 0.0323. The highest BCUT2D eigenvalue weighted by Gasteiger charge is 2.19. The van der Waals surface area contributed by atoms with Crippen molar-refractivity contribution < 1.29 is 27.8 Å². The zero-order valence-electron chi connectivity index (χ0n) is 21.9. The molecule has 0 radical (unpaired) electrons. The van der Waals surface area contributed by atoms with Gasteiger partial charge in [0.15, 0.2) is 0 Å². The average Bonchev–Trinajstić information content (AvgIpc) is 2.94. The lowest BCUT2D eigenvalue weighted by atomic mass is 9.91. The Hall–Kier alpha value is -3.93. The minimum absolute atomic E-state index is 0.0499. The average molecular weight is 569 g/mol. The number of nitrogens with one attached hydrogen (secondary N) is 2. The summed E-state index contributed by atoms with van der Waals surface area (Å²) in [6, 6.07) is 14.6. The molecule has 1 aliphatic rings. The minimum Gasteiger partial charge on any atom is -0.490 e. The maximum absolute atomic E-state index is 14.5. The number of ether oxygens (including phenoxy) is 2. The molecule has 0 aliphatic carbocycles. The first-order valence-corrected chi connectivity index (χ1v) is 13.2. The number of benzene rings is 3. The van der Waals surface area contributed by atoms with Crippen molar-refractivity contribution in [2.24, 2.45) is 5.73 Å². The number of hydrogen-bond donors (Lipinski definition) is 3. The molecule has 1 unspecified atom stereocenters. The zero-order chi connectivity index (χ0) is 28.6. The van der Waals surface area contributed by atoms with Crippen molar-refractivity contribution in [1.29, 1.82) is 0 Å². The molecular weight excluding hydrogens is 538 g/mol. The maximum atomic E-state index is 14.5. The molecule has 1 saturated heterocycles. The summed E-state index contributed by atoms with van der Waals surface area (Å²) in [6.07, 6.45) is 0. The number of carbonyl (C=O) groups is 2. The number of thiocarbonyl (C=S) groups is 1. The quantitative estimate of drug-likeness (QED) is 0.330. The Morgan fingerprint density at radius 3 is 2.42 bits per heavy atom. The standard InChI is InChI=1S/C29H30F2N4O4S/c1-18(19-6-8-24(31)22(16-19)28(40)34-29(32)37)20-7-9-25(33-27(36)21-4-2-3-5-23(21)30)26(17-20)39-15-12-35-10-13-38-14-11-35/h2-9,16-18H,10-15H2,1H3,(H,33,36)(H3,32,34,37,40). The Bertz CT molecular complexity index is 1400. The summed E-state index contributed by atoms with van der Waals surface area (Å²) in [7, 11) is 0. The molecule has 1 heterocycles. The lowest BCUT2D eigenvalue weighted by Gasteiger charge is -2.26. The van der Waals surface area contributed by atoms with Crippen molar-refractivity contribution in [1.82, 2.24) is 10.2 Å². The zero-order valence-corrected chi connectivity index (χ0v) is 22.7. The number of amides is 3. The molecule has 1 atom stereocenters. The van der Waals surface area contributed by atoms with Crippen LogP contribution in [-0.4, -0.2) is 61.3 Å². The second kappa shape index (κ2) is 13.4. The van der Waals surface area contributed by atoms with Crippen LogP contribution in [0, 0.1) is 11.6 Å². The summed E-state index contributed by atoms with van der Waals surface area (Å²) in [6.45, 7) is 5.87. The fraction of sp³-hybridized carbons (Fsp3) is 0.276. The van der Waals surface area contributed by atoms with Gasteiger partial charge in [0.2, 0.25) is 0 Å². The first-order valence-electron chi connectivity index (χ1n) is 12.8. The first kappa shape index (κ1) is 29.1. The van der Waals surface area contributed by atoms with Crippen LogP contribution in [0.3, 0.4) is 0 Å². The summed E-state index contributed by atoms with van der Waals surface area (Å²) < 4.78 is 40.2. The summed E-state index contributed by atoms with van der Waals surface area (Å²) in [4.78, 5) is 26.2. The molecule has 0 aromatic heterocycles. The van der Waals surface area contributed by atoms with E-state index < -0.39 is 23.6 Å². The lowest BCUT2D eigenvalue weighted by Crippen LogP contribution is -2.38. The van der Waals surface area contributed by atoms with Crippen molar-refractivity contribution in [3.63, 3.8) is 0 Å². The number of nitrogens with two attached hydrogens (primary N) is 1. The summed E-state index contributed by atoms with van der Waals surface area (Å²) in [5, 5.41) is 5.00. The number of morpholine rings is 1. The smallest absolute Gasteiger partial charge is 0.317 e. The van der Waals surface area contributed by atoms with Gasteiger partial charge in [-0.15, -0.1) is 0 Å². The largest absolute Gasteiger partial charge is 0.490 e. The van der Waals surface area contributed by atoms with Gasteiger partial charge in [-0.25, -0.2) is 13.6 Å². The van der Waals surface area contributed by atoms with Crippen LogP contribution in [0.15, 0.2) is 60.7 Å². The normalized spacial score (nSPS) is 14.3. The van der Waals surface area contributed by atoms with Gasteiger partial charge < -0.3 is 20.5 Å². The first-order chi connectivity index (χ1) is 19.2. The van der Waals surface area contributed by atoms with Gasteiger partial charge in [-0.3, -0.25) is 15.0 Å². The fourth-order valence-corrected chi connectivity index (χ4v) is 4.59. The van der Waals surface area contributed by atoms with E-state index in [2.05, 4.69) is 15.5 Å². The van der Waals surface area contributed by atoms with Crippen LogP contribution in [0.4, 0.5) is 19.3 Å². The molecule has 3 aromatic carbocycles. The predicted octanol–water partition coefficient (Wildman–Crippen LogP) is 4.42. The third-order valence-corrected chi connectivity index (χ3v) is 6.93. The van der Waals surface area contributed by atoms with Gasteiger partial charge >= 0.3 is 6.03 Å². The molecule has 3 amide bonds. The highest BCUT2D eigenvalue weighted by molar-refractivity contribution is 7.80. The third-order valence-electron chi connectivity index (χ3n) is 6.61. The minimum atomic E-state index is -0.880. The number of urea groups is 1. The molecular formula is C29H30F2N4O4S. The molecule has 0 bridgehead atoms. The number of carbonyl (C=O) groups excluding carboxylic acids is 2. The topological polar surface area (TPSA) is 106 Å². The van der Waals surface area contributed by atoms with Crippen LogP contribution in [-0.2, 0) is 4.74 Å². The van der Waals surface area contributed by atoms with Gasteiger partial charge in [0, 0.05) is 31.1 Å². The molecule has 0 saturated carbocycles. The van der Waals surface area contributed by atoms with Gasteiger partial charge in [-0.05, 0) is 47.5 Å². The number of anilines is 1. The molecule has 0 spiro atoms. The van der Waals surface area contributed by atoms with Gasteiger partial charge in [-0.1, -0.05) is 43.4 Å². The Morgan fingerprint density at radius 2 is 1.70 bits per heavy atom. The van der Waals surface area contributed by atoms with Gasteiger partial charge in [0.1, 0.15) is 29.0 Å². The van der Waals surface area contributed by atoms with E-state index >= 15 is 0 Å². The molecule has 40 heavy (non-hydrogen) atoms. The van der Waals surface area contributed by atoms with E-state index in [0.717, 1.165) is 24.2 Å². The molecule has 1 aliphatic heterocycles. The molecule has 4 N–H and O–H groups in total. The third kappa shape index (κ3) is 7.38. The van der Waals surface area contributed by atoms with Crippen molar-refractivity contribution in [3.05, 3.63) is 94.6 Å². The molecule has 8 nitrogen and oxygen atoms in total. The van der Waals surface area contributed by atoms with E-state index in [1.807, 2.05) is 6.92 Å². The van der Waals surface area contributed by atoms with Crippen LogP contribution >= 0.6 is 12.2 Å². The highest BCUT2D eigenvalue weighted by atomic mass is 32.1. The molecule has 4 rings (SSSR count). The van der Waals surface area contributed by atoms with Crippen LogP contribution in [0.25, 0.3) is 0 Å². The van der Waals surface area contributed by atoms with Crippen molar-refractivity contribution in [3.8, 4) is 5.75 Å². The molecule has 3 aromatic rings. The second-order valence-corrected chi connectivity index (χ2v) is 9.68.